The number of hydrogen-bond donors (Lipinski definition) is 2. The molecule has 2 bridgehead atoms. The predicted octanol–water partition coefficient (Wildman–Crippen LogP) is 2.75. The maximum atomic E-state index is 13.8. The fourth-order valence-corrected chi connectivity index (χ4v) is 7.47. The Hall–Kier alpha value is -1.79. The fraction of sp³-hybridized carbons (Fsp3) is 0.897. The number of esters is 1. The molecular weight excluding hydrogens is 522 g/mol. The third-order valence-corrected chi connectivity index (χ3v) is 9.63. The standard InChI is InChI=1S/C29H47NO10/c1-10-19-29(8,40-27(34)36-19)24-17(6)22-13(2)12-28(7,39-22)23(15(4)20(31)16(5)25(33)37-24)38-26-21(32)18(30-9)11-14(3)35-26/h13-19,21-24,26,30,32H,10-12H2,1-9H3/t13?,14?,15-,16+,17-,18?,19+,21?,22?,23+,24+,26-,28-,29+/m0/s1. The number of aliphatic hydroxyl groups is 1. The molecule has 0 aliphatic carbocycles. The van der Waals surface area contributed by atoms with E-state index in [9.17, 15) is 19.5 Å². The lowest BCUT2D eigenvalue weighted by molar-refractivity contribution is -0.290. The lowest BCUT2D eigenvalue weighted by Gasteiger charge is -2.44. The maximum Gasteiger partial charge on any atom is 0.509 e. The van der Waals surface area contributed by atoms with Gasteiger partial charge in [-0.2, -0.15) is 0 Å². The van der Waals surface area contributed by atoms with Crippen LogP contribution in [0.4, 0.5) is 4.79 Å². The van der Waals surface area contributed by atoms with E-state index < -0.39 is 77.9 Å². The summed E-state index contributed by atoms with van der Waals surface area (Å²) in [5.74, 6) is -3.41. The van der Waals surface area contributed by atoms with Crippen LogP contribution in [0.25, 0.3) is 0 Å². The molecule has 11 nitrogen and oxygen atoms in total. The lowest BCUT2D eigenvalue weighted by Crippen LogP contribution is -2.58. The molecule has 4 saturated heterocycles. The number of aliphatic hydroxyl groups excluding tert-OH is 1. The Balaban J connectivity index is 1.73. The maximum absolute atomic E-state index is 13.8. The SMILES string of the molecule is CC[C@H]1OC(=O)O[C@@]1(C)[C@@H]1OC(=O)[C@H](C)C(=O)[C@H](C)[C@@H](O[C@@H]2OC(C)CC(NC)C2O)[C@]2(C)CC(C)C(O2)[C@@H]1C. The molecule has 5 unspecified atom stereocenters. The van der Waals surface area contributed by atoms with Crippen LogP contribution < -0.4 is 5.32 Å². The van der Waals surface area contributed by atoms with Crippen molar-refractivity contribution in [2.45, 2.75) is 135 Å². The zero-order valence-corrected chi connectivity index (χ0v) is 25.2. The molecule has 228 valence electrons. The Labute approximate surface area is 236 Å². The number of nitrogens with one attached hydrogen (secondary N) is 1. The van der Waals surface area contributed by atoms with Gasteiger partial charge in [0.2, 0.25) is 0 Å². The number of fused-ring (bicyclic) bond motifs is 2. The Morgan fingerprint density at radius 1 is 1.07 bits per heavy atom. The molecule has 0 radical (unpaired) electrons. The summed E-state index contributed by atoms with van der Waals surface area (Å²) >= 11 is 0. The van der Waals surface area contributed by atoms with Crippen molar-refractivity contribution in [3.8, 4) is 0 Å². The molecule has 4 aliphatic heterocycles. The molecule has 0 aromatic carbocycles. The van der Waals surface area contributed by atoms with E-state index in [1.54, 1.807) is 20.9 Å². The van der Waals surface area contributed by atoms with Crippen molar-refractivity contribution in [1.82, 2.24) is 5.32 Å². The minimum atomic E-state index is -1.26. The first-order valence-electron chi connectivity index (χ1n) is 14.6. The highest BCUT2D eigenvalue weighted by Crippen LogP contribution is 2.48. The molecule has 0 amide bonds. The largest absolute Gasteiger partial charge is 0.509 e. The number of ether oxygens (including phenoxy) is 6. The smallest absolute Gasteiger partial charge is 0.457 e. The molecule has 0 aromatic heterocycles. The van der Waals surface area contributed by atoms with Crippen molar-refractivity contribution in [1.29, 1.82) is 0 Å². The second-order valence-electron chi connectivity index (χ2n) is 12.7. The summed E-state index contributed by atoms with van der Waals surface area (Å²) in [4.78, 5) is 39.5. The Bertz CT molecular complexity index is 976. The molecule has 4 aliphatic rings. The second-order valence-corrected chi connectivity index (χ2v) is 12.7. The van der Waals surface area contributed by atoms with E-state index in [-0.39, 0.29) is 23.8 Å². The number of rotatable bonds is 5. The molecule has 4 fully saturated rings. The molecule has 14 atom stereocenters. The first-order chi connectivity index (χ1) is 18.7. The van der Waals surface area contributed by atoms with E-state index in [4.69, 9.17) is 28.4 Å². The van der Waals surface area contributed by atoms with Crippen LogP contribution in [0.3, 0.4) is 0 Å². The van der Waals surface area contributed by atoms with Gasteiger partial charge >= 0.3 is 12.1 Å². The summed E-state index contributed by atoms with van der Waals surface area (Å²) in [6.07, 6.45) is -4.13. The van der Waals surface area contributed by atoms with Crippen LogP contribution >= 0.6 is 0 Å². The van der Waals surface area contributed by atoms with Crippen molar-refractivity contribution in [2.24, 2.45) is 23.7 Å². The van der Waals surface area contributed by atoms with Crippen LogP contribution in [0.1, 0.15) is 74.7 Å². The number of carbonyl (C=O) groups is 3. The van der Waals surface area contributed by atoms with Crippen molar-refractivity contribution in [3.63, 3.8) is 0 Å². The third-order valence-electron chi connectivity index (χ3n) is 9.63. The highest BCUT2D eigenvalue weighted by Gasteiger charge is 2.61. The average molecular weight is 570 g/mol. The van der Waals surface area contributed by atoms with Crippen molar-refractivity contribution < 1.29 is 47.9 Å². The van der Waals surface area contributed by atoms with Crippen LogP contribution in [-0.2, 0) is 38.0 Å². The minimum Gasteiger partial charge on any atom is -0.457 e. The molecular formula is C29H47NO10. The summed E-state index contributed by atoms with van der Waals surface area (Å²) < 4.78 is 36.5. The normalized spacial score (nSPS) is 50.1. The Kier molecular flexibility index (Phi) is 8.94. The molecule has 4 rings (SSSR count). The van der Waals surface area contributed by atoms with Gasteiger partial charge in [0.05, 0.1) is 23.9 Å². The molecule has 40 heavy (non-hydrogen) atoms. The summed E-state index contributed by atoms with van der Waals surface area (Å²) in [7, 11) is 1.77. The zero-order chi connectivity index (χ0) is 29.7. The van der Waals surface area contributed by atoms with Gasteiger partial charge in [-0.25, -0.2) is 4.79 Å². The molecule has 0 spiro atoms. The summed E-state index contributed by atoms with van der Waals surface area (Å²) in [6.45, 7) is 14.6. The van der Waals surface area contributed by atoms with E-state index >= 15 is 0 Å². The van der Waals surface area contributed by atoms with Gasteiger partial charge in [-0.05, 0) is 59.9 Å². The van der Waals surface area contributed by atoms with Gasteiger partial charge in [-0.15, -0.1) is 0 Å². The van der Waals surface area contributed by atoms with Crippen LogP contribution in [0.15, 0.2) is 0 Å². The lowest BCUT2D eigenvalue weighted by atomic mass is 9.76. The van der Waals surface area contributed by atoms with E-state index in [1.165, 1.54) is 6.92 Å². The first-order valence-corrected chi connectivity index (χ1v) is 14.6. The van der Waals surface area contributed by atoms with Gasteiger partial charge in [0.25, 0.3) is 0 Å². The van der Waals surface area contributed by atoms with Crippen LogP contribution in [0.2, 0.25) is 0 Å². The average Bonchev–Trinajstić information content (AvgIpc) is 3.38. The minimum absolute atomic E-state index is 0.0191. The van der Waals surface area contributed by atoms with E-state index in [0.29, 0.717) is 19.3 Å². The third kappa shape index (κ3) is 5.40. The number of carbonyl (C=O) groups excluding carboxylic acids is 3. The van der Waals surface area contributed by atoms with Gasteiger partial charge in [-0.1, -0.05) is 27.7 Å². The fourth-order valence-electron chi connectivity index (χ4n) is 7.47. The number of cyclic esters (lactones) is 3. The molecule has 0 aromatic rings. The van der Waals surface area contributed by atoms with E-state index in [1.807, 2.05) is 34.6 Å². The monoisotopic (exact) mass is 569 g/mol. The van der Waals surface area contributed by atoms with Gasteiger partial charge in [0.1, 0.15) is 24.2 Å². The van der Waals surface area contributed by atoms with Crippen molar-refractivity contribution in [3.05, 3.63) is 0 Å². The molecule has 0 saturated carbocycles. The van der Waals surface area contributed by atoms with Crippen molar-refractivity contribution in [2.75, 3.05) is 7.05 Å². The summed E-state index contributed by atoms with van der Waals surface area (Å²) in [5, 5.41) is 14.2. The first kappa shape index (κ1) is 31.2. The second kappa shape index (κ2) is 11.5. The molecule has 11 heteroatoms. The van der Waals surface area contributed by atoms with Crippen LogP contribution in [0, 0.1) is 23.7 Å². The summed E-state index contributed by atoms with van der Waals surface area (Å²) in [6, 6.07) is -0.246. The predicted molar refractivity (Wildman–Crippen MR) is 142 cm³/mol. The van der Waals surface area contributed by atoms with E-state index in [2.05, 4.69) is 5.32 Å². The number of Topliss-reactive ketones (excluding diaryl/α,β-unsaturated/α-hetero) is 1. The molecule has 2 N–H and O–H groups in total. The van der Waals surface area contributed by atoms with Gasteiger partial charge < -0.3 is 38.8 Å². The van der Waals surface area contributed by atoms with Crippen molar-refractivity contribution >= 4 is 17.9 Å². The highest BCUT2D eigenvalue weighted by molar-refractivity contribution is 6.00. The zero-order valence-electron chi connectivity index (χ0n) is 25.2. The number of likely N-dealkylation sites (N-methyl/N-ethyl adjacent to an activating group) is 1. The topological polar surface area (TPSA) is 139 Å². The Morgan fingerprint density at radius 3 is 2.38 bits per heavy atom. The van der Waals surface area contributed by atoms with Gasteiger partial charge in [-0.3, -0.25) is 9.59 Å². The quantitative estimate of drug-likeness (QED) is 0.373. The number of hydrogen-bond acceptors (Lipinski definition) is 11. The van der Waals surface area contributed by atoms with Gasteiger partial charge in [0.15, 0.2) is 17.7 Å². The highest BCUT2D eigenvalue weighted by atomic mass is 16.8. The number of ketones is 1. The van der Waals surface area contributed by atoms with Crippen LogP contribution in [0.5, 0.6) is 0 Å². The molecule has 4 heterocycles. The Morgan fingerprint density at radius 2 is 1.75 bits per heavy atom. The summed E-state index contributed by atoms with van der Waals surface area (Å²) in [5.41, 5.74) is -2.21. The van der Waals surface area contributed by atoms with E-state index in [0.717, 1.165) is 0 Å². The van der Waals surface area contributed by atoms with Crippen LogP contribution in [-0.4, -0.2) is 90.2 Å². The van der Waals surface area contributed by atoms with Gasteiger partial charge in [0, 0.05) is 17.9 Å².